The minimum Gasteiger partial charge on any atom is -0.369 e. The van der Waals surface area contributed by atoms with Gasteiger partial charge in [-0.15, -0.1) is 0 Å². The predicted molar refractivity (Wildman–Crippen MR) is 64.0 cm³/mol. The Morgan fingerprint density at radius 3 is 2.50 bits per heavy atom. The zero-order valence-corrected chi connectivity index (χ0v) is 10.4. The van der Waals surface area contributed by atoms with Gasteiger partial charge in [0, 0.05) is 36.8 Å². The number of rotatable bonds is 2. The van der Waals surface area contributed by atoms with E-state index in [9.17, 15) is 17.4 Å². The summed E-state index contributed by atoms with van der Waals surface area (Å²) in [6.07, 6.45) is 0. The summed E-state index contributed by atoms with van der Waals surface area (Å²) in [6, 6.07) is 5.85. The molecule has 1 atom stereocenters. The van der Waals surface area contributed by atoms with Crippen LogP contribution in [0, 0.1) is 0 Å². The first-order chi connectivity index (χ1) is 8.48. The fourth-order valence-corrected chi connectivity index (χ4v) is 2.55. The molecule has 1 unspecified atom stereocenters. The number of piperazine rings is 1. The van der Waals surface area contributed by atoms with Gasteiger partial charge in [-0.1, -0.05) is 6.07 Å². The van der Waals surface area contributed by atoms with Gasteiger partial charge in [-0.05, 0) is 18.2 Å². The molecule has 1 aliphatic heterocycles. The molecule has 1 heterocycles. The SMILES string of the molecule is O=S(c1cccc(N2CCNCC2)c1)C(F)(F)F. The first kappa shape index (κ1) is 13.4. The summed E-state index contributed by atoms with van der Waals surface area (Å²) in [6.45, 7) is 3.07. The topological polar surface area (TPSA) is 32.3 Å². The Labute approximate surface area is 105 Å². The molecule has 1 N–H and O–H groups in total. The first-order valence-electron chi connectivity index (χ1n) is 5.53. The van der Waals surface area contributed by atoms with Gasteiger partial charge in [0.05, 0.1) is 0 Å². The first-order valence-corrected chi connectivity index (χ1v) is 6.68. The summed E-state index contributed by atoms with van der Waals surface area (Å²) >= 11 is 0. The summed E-state index contributed by atoms with van der Waals surface area (Å²) in [5.74, 6) is 0. The molecule has 100 valence electrons. The van der Waals surface area contributed by atoms with Crippen LogP contribution in [-0.2, 0) is 10.8 Å². The van der Waals surface area contributed by atoms with E-state index in [4.69, 9.17) is 0 Å². The van der Waals surface area contributed by atoms with E-state index in [-0.39, 0.29) is 4.90 Å². The van der Waals surface area contributed by atoms with Crippen molar-refractivity contribution in [3.05, 3.63) is 24.3 Å². The summed E-state index contributed by atoms with van der Waals surface area (Å²) in [5.41, 5.74) is -4.02. The lowest BCUT2D eigenvalue weighted by molar-refractivity contribution is -0.0384. The van der Waals surface area contributed by atoms with Crippen molar-refractivity contribution in [1.82, 2.24) is 5.32 Å². The van der Waals surface area contributed by atoms with Crippen LogP contribution in [0.5, 0.6) is 0 Å². The molecule has 0 amide bonds. The highest BCUT2D eigenvalue weighted by Gasteiger charge is 2.38. The maximum absolute atomic E-state index is 12.4. The molecule has 1 aromatic carbocycles. The Balaban J connectivity index is 2.22. The lowest BCUT2D eigenvalue weighted by Gasteiger charge is -2.29. The Morgan fingerprint density at radius 1 is 1.22 bits per heavy atom. The second-order valence-electron chi connectivity index (χ2n) is 3.95. The van der Waals surface area contributed by atoms with Gasteiger partial charge in [0.25, 0.3) is 0 Å². The van der Waals surface area contributed by atoms with Gasteiger partial charge < -0.3 is 10.2 Å². The largest absolute Gasteiger partial charge is 0.475 e. The minimum atomic E-state index is -4.71. The predicted octanol–water partition coefficient (Wildman–Crippen LogP) is 1.72. The third-order valence-electron chi connectivity index (χ3n) is 2.72. The van der Waals surface area contributed by atoms with Crippen LogP contribution in [0.4, 0.5) is 18.9 Å². The minimum absolute atomic E-state index is 0.196. The Bertz CT molecular complexity index is 444. The number of alkyl halides is 3. The third kappa shape index (κ3) is 3.02. The number of hydrogen-bond donors (Lipinski definition) is 1. The van der Waals surface area contributed by atoms with E-state index in [0.29, 0.717) is 5.69 Å². The van der Waals surface area contributed by atoms with Crippen molar-refractivity contribution in [1.29, 1.82) is 0 Å². The molecule has 0 spiro atoms. The molecule has 3 nitrogen and oxygen atoms in total. The Kier molecular flexibility index (Phi) is 3.91. The van der Waals surface area contributed by atoms with E-state index in [1.165, 1.54) is 18.2 Å². The monoisotopic (exact) mass is 278 g/mol. The standard InChI is InChI=1S/C11H13F3N2OS/c12-11(13,14)18(17)10-3-1-2-9(8-10)16-6-4-15-5-7-16/h1-3,8,15H,4-7H2. The van der Waals surface area contributed by atoms with Crippen LogP contribution >= 0.6 is 0 Å². The maximum Gasteiger partial charge on any atom is 0.475 e. The van der Waals surface area contributed by atoms with E-state index in [1.54, 1.807) is 6.07 Å². The van der Waals surface area contributed by atoms with E-state index in [0.717, 1.165) is 26.2 Å². The lowest BCUT2D eigenvalue weighted by Crippen LogP contribution is -2.43. The molecular formula is C11H13F3N2OS. The summed E-state index contributed by atoms with van der Waals surface area (Å²) < 4.78 is 48.4. The Hall–Kier alpha value is -1.08. The van der Waals surface area contributed by atoms with Crippen molar-refractivity contribution in [2.24, 2.45) is 0 Å². The number of benzene rings is 1. The number of halogens is 3. The molecule has 0 saturated carbocycles. The highest BCUT2D eigenvalue weighted by Crippen LogP contribution is 2.28. The molecule has 0 aliphatic carbocycles. The van der Waals surface area contributed by atoms with Crippen molar-refractivity contribution in [2.75, 3.05) is 31.1 Å². The number of anilines is 1. The molecule has 1 aromatic rings. The van der Waals surface area contributed by atoms with E-state index in [2.05, 4.69) is 5.32 Å². The summed E-state index contributed by atoms with van der Waals surface area (Å²) in [7, 11) is -2.96. The third-order valence-corrected chi connectivity index (χ3v) is 3.83. The van der Waals surface area contributed by atoms with Crippen LogP contribution in [0.3, 0.4) is 0 Å². The Morgan fingerprint density at radius 2 is 1.89 bits per heavy atom. The second kappa shape index (κ2) is 5.27. The highest BCUT2D eigenvalue weighted by atomic mass is 32.2. The average molecular weight is 278 g/mol. The fraction of sp³-hybridized carbons (Fsp3) is 0.455. The van der Waals surface area contributed by atoms with Gasteiger partial charge in [0.15, 0.2) is 10.8 Å². The molecule has 0 radical (unpaired) electrons. The van der Waals surface area contributed by atoms with Crippen molar-refractivity contribution in [3.63, 3.8) is 0 Å². The van der Waals surface area contributed by atoms with E-state index < -0.39 is 16.3 Å². The molecular weight excluding hydrogens is 265 g/mol. The van der Waals surface area contributed by atoms with Gasteiger partial charge in [-0.3, -0.25) is 0 Å². The summed E-state index contributed by atoms with van der Waals surface area (Å²) in [5, 5.41) is 3.16. The van der Waals surface area contributed by atoms with E-state index in [1.807, 2.05) is 4.90 Å². The molecule has 7 heteroatoms. The van der Waals surface area contributed by atoms with Crippen LogP contribution in [0.2, 0.25) is 0 Å². The fourth-order valence-electron chi connectivity index (χ4n) is 1.85. The molecule has 1 aliphatic rings. The number of nitrogens with zero attached hydrogens (tertiary/aromatic N) is 1. The van der Waals surface area contributed by atoms with Gasteiger partial charge in [-0.25, -0.2) is 4.21 Å². The number of nitrogens with one attached hydrogen (secondary N) is 1. The molecule has 18 heavy (non-hydrogen) atoms. The van der Waals surface area contributed by atoms with Gasteiger partial charge in [0.1, 0.15) is 0 Å². The quantitative estimate of drug-likeness (QED) is 0.894. The zero-order valence-electron chi connectivity index (χ0n) is 9.54. The van der Waals surface area contributed by atoms with Gasteiger partial charge in [0.2, 0.25) is 0 Å². The molecule has 1 fully saturated rings. The molecule has 0 aromatic heterocycles. The molecule has 2 rings (SSSR count). The summed E-state index contributed by atoms with van der Waals surface area (Å²) in [4.78, 5) is 1.78. The maximum atomic E-state index is 12.4. The zero-order chi connectivity index (χ0) is 13.2. The van der Waals surface area contributed by atoms with Crippen LogP contribution < -0.4 is 10.2 Å². The van der Waals surface area contributed by atoms with Crippen molar-refractivity contribution < 1.29 is 17.4 Å². The van der Waals surface area contributed by atoms with Crippen molar-refractivity contribution >= 4 is 16.5 Å². The van der Waals surface area contributed by atoms with E-state index >= 15 is 0 Å². The van der Waals surface area contributed by atoms with Crippen LogP contribution in [0.25, 0.3) is 0 Å². The van der Waals surface area contributed by atoms with Gasteiger partial charge in [-0.2, -0.15) is 13.2 Å². The van der Waals surface area contributed by atoms with Crippen molar-refractivity contribution in [3.8, 4) is 0 Å². The molecule has 1 saturated heterocycles. The normalized spacial score (nSPS) is 18.7. The van der Waals surface area contributed by atoms with Crippen molar-refractivity contribution in [2.45, 2.75) is 10.4 Å². The van der Waals surface area contributed by atoms with Gasteiger partial charge >= 0.3 is 5.51 Å². The lowest BCUT2D eigenvalue weighted by atomic mass is 10.2. The van der Waals surface area contributed by atoms with Crippen LogP contribution in [0.15, 0.2) is 29.2 Å². The smallest absolute Gasteiger partial charge is 0.369 e. The second-order valence-corrected chi connectivity index (χ2v) is 5.42. The molecule has 0 bridgehead atoms. The average Bonchev–Trinajstić information content (AvgIpc) is 2.38. The van der Waals surface area contributed by atoms with Crippen LogP contribution in [0.1, 0.15) is 0 Å². The number of hydrogen-bond acceptors (Lipinski definition) is 3. The highest BCUT2D eigenvalue weighted by molar-refractivity contribution is 7.86. The van der Waals surface area contributed by atoms with Crippen LogP contribution in [-0.4, -0.2) is 35.9 Å².